The van der Waals surface area contributed by atoms with Crippen LogP contribution in [0.3, 0.4) is 0 Å². The van der Waals surface area contributed by atoms with Crippen LogP contribution in [0.1, 0.15) is 5.56 Å². The molecule has 0 amide bonds. The second-order valence-electron chi connectivity index (χ2n) is 4.07. The number of halogens is 2. The first-order valence-electron chi connectivity index (χ1n) is 5.64. The monoisotopic (exact) mass is 338 g/mol. The van der Waals surface area contributed by atoms with Crippen LogP contribution in [0.5, 0.6) is 0 Å². The molecule has 0 aromatic heterocycles. The first-order valence-corrected chi connectivity index (χ1v) is 6.84. The van der Waals surface area contributed by atoms with Crippen LogP contribution in [0.25, 0.3) is 0 Å². The van der Waals surface area contributed by atoms with Crippen LogP contribution >= 0.6 is 28.1 Å². The van der Waals surface area contributed by atoms with E-state index < -0.39 is 0 Å². The van der Waals surface area contributed by atoms with E-state index in [0.29, 0.717) is 10.8 Å². The number of hydrogen-bond donors (Lipinski definition) is 2. The zero-order valence-corrected chi connectivity index (χ0v) is 12.6. The summed E-state index contributed by atoms with van der Waals surface area (Å²) in [5.74, 6) is -0.302. The molecule has 0 aliphatic heterocycles. The molecule has 0 spiro atoms. The van der Waals surface area contributed by atoms with Gasteiger partial charge in [-0.2, -0.15) is 0 Å². The van der Waals surface area contributed by atoms with E-state index in [9.17, 15) is 4.39 Å². The highest BCUT2D eigenvalue weighted by molar-refractivity contribution is 9.10. The Morgan fingerprint density at radius 2 is 1.95 bits per heavy atom. The molecule has 0 atom stereocenters. The van der Waals surface area contributed by atoms with Crippen molar-refractivity contribution in [1.29, 1.82) is 0 Å². The van der Waals surface area contributed by atoms with Crippen LogP contribution in [-0.2, 0) is 0 Å². The van der Waals surface area contributed by atoms with Crippen molar-refractivity contribution in [3.05, 3.63) is 58.3 Å². The Morgan fingerprint density at radius 3 is 2.63 bits per heavy atom. The number of thiocarbonyl (C=S) groups is 1. The normalized spacial score (nSPS) is 10.1. The molecule has 0 aliphatic carbocycles. The van der Waals surface area contributed by atoms with E-state index in [4.69, 9.17) is 12.2 Å². The van der Waals surface area contributed by atoms with Gasteiger partial charge >= 0.3 is 0 Å². The third kappa shape index (κ3) is 4.01. The summed E-state index contributed by atoms with van der Waals surface area (Å²) >= 11 is 8.65. The van der Waals surface area contributed by atoms with Crippen LogP contribution in [0.2, 0.25) is 0 Å². The standard InChI is InChI=1S/C14H12BrFN2S/c1-9-5-6-13(12(15)7-9)18-14(19)17-11-4-2-3-10(16)8-11/h2-8H,1H3,(H2,17,18,19). The van der Waals surface area contributed by atoms with Crippen molar-refractivity contribution in [2.45, 2.75) is 6.92 Å². The highest BCUT2D eigenvalue weighted by atomic mass is 79.9. The average molecular weight is 339 g/mol. The van der Waals surface area contributed by atoms with Gasteiger partial charge in [-0.15, -0.1) is 0 Å². The maximum absolute atomic E-state index is 13.0. The van der Waals surface area contributed by atoms with Gasteiger partial charge in [0, 0.05) is 10.2 Å². The van der Waals surface area contributed by atoms with Crippen LogP contribution in [0.4, 0.5) is 15.8 Å². The minimum Gasteiger partial charge on any atom is -0.332 e. The van der Waals surface area contributed by atoms with Gasteiger partial charge in [-0.25, -0.2) is 4.39 Å². The zero-order chi connectivity index (χ0) is 13.8. The number of aryl methyl sites for hydroxylation is 1. The molecule has 2 aromatic rings. The molecule has 2 N–H and O–H groups in total. The Kier molecular flexibility index (Phi) is 4.50. The lowest BCUT2D eigenvalue weighted by Gasteiger charge is -2.12. The Bertz CT molecular complexity index is 616. The van der Waals surface area contributed by atoms with Crippen molar-refractivity contribution in [1.82, 2.24) is 0 Å². The van der Waals surface area contributed by atoms with Crippen molar-refractivity contribution in [3.63, 3.8) is 0 Å². The molecule has 0 unspecified atom stereocenters. The fraction of sp³-hybridized carbons (Fsp3) is 0.0714. The summed E-state index contributed by atoms with van der Waals surface area (Å²) in [5, 5.41) is 6.40. The van der Waals surface area contributed by atoms with E-state index in [1.807, 2.05) is 25.1 Å². The van der Waals surface area contributed by atoms with Crippen LogP contribution in [0.15, 0.2) is 46.9 Å². The number of rotatable bonds is 2. The lowest BCUT2D eigenvalue weighted by Crippen LogP contribution is -2.19. The molecule has 0 saturated heterocycles. The molecule has 0 radical (unpaired) electrons. The van der Waals surface area contributed by atoms with Crippen molar-refractivity contribution >= 4 is 44.6 Å². The second-order valence-corrected chi connectivity index (χ2v) is 5.34. The predicted octanol–water partition coefficient (Wildman–Crippen LogP) is 4.71. The molecule has 2 rings (SSSR count). The molecule has 19 heavy (non-hydrogen) atoms. The van der Waals surface area contributed by atoms with E-state index in [0.717, 1.165) is 15.7 Å². The minimum absolute atomic E-state index is 0.302. The van der Waals surface area contributed by atoms with Gasteiger partial charge in [0.05, 0.1) is 5.69 Å². The fourth-order valence-corrected chi connectivity index (χ4v) is 2.39. The van der Waals surface area contributed by atoms with Gasteiger partial charge in [-0.1, -0.05) is 12.1 Å². The van der Waals surface area contributed by atoms with Crippen LogP contribution in [-0.4, -0.2) is 5.11 Å². The molecule has 0 aliphatic rings. The molecule has 2 aromatic carbocycles. The largest absolute Gasteiger partial charge is 0.332 e. The molecule has 0 saturated carbocycles. The third-order valence-corrected chi connectivity index (χ3v) is 3.32. The van der Waals surface area contributed by atoms with Gasteiger partial charge < -0.3 is 10.6 Å². The number of anilines is 2. The van der Waals surface area contributed by atoms with Crippen molar-refractivity contribution in [3.8, 4) is 0 Å². The van der Waals surface area contributed by atoms with E-state index in [2.05, 4.69) is 26.6 Å². The highest BCUT2D eigenvalue weighted by Crippen LogP contribution is 2.23. The van der Waals surface area contributed by atoms with Crippen molar-refractivity contribution in [2.24, 2.45) is 0 Å². The minimum atomic E-state index is -0.302. The van der Waals surface area contributed by atoms with Gasteiger partial charge in [0.25, 0.3) is 0 Å². The summed E-state index contributed by atoms with van der Waals surface area (Å²) in [5.41, 5.74) is 2.63. The topological polar surface area (TPSA) is 24.1 Å². The fourth-order valence-electron chi connectivity index (χ4n) is 1.57. The first-order chi connectivity index (χ1) is 9.04. The quantitative estimate of drug-likeness (QED) is 0.775. The Hall–Kier alpha value is -1.46. The van der Waals surface area contributed by atoms with E-state index >= 15 is 0 Å². The summed E-state index contributed by atoms with van der Waals surface area (Å²) in [4.78, 5) is 0. The molecule has 0 fully saturated rings. The van der Waals surface area contributed by atoms with Gasteiger partial charge in [0.15, 0.2) is 5.11 Å². The van der Waals surface area contributed by atoms with Gasteiger partial charge in [0.1, 0.15) is 5.82 Å². The van der Waals surface area contributed by atoms with Gasteiger partial charge in [-0.3, -0.25) is 0 Å². The summed E-state index contributed by atoms with van der Waals surface area (Å²) in [7, 11) is 0. The van der Waals surface area contributed by atoms with Gasteiger partial charge in [0.2, 0.25) is 0 Å². The van der Waals surface area contributed by atoms with E-state index in [1.165, 1.54) is 12.1 Å². The van der Waals surface area contributed by atoms with Crippen molar-refractivity contribution in [2.75, 3.05) is 10.6 Å². The number of nitrogens with one attached hydrogen (secondary N) is 2. The molecule has 2 nitrogen and oxygen atoms in total. The third-order valence-electron chi connectivity index (χ3n) is 2.46. The lowest BCUT2D eigenvalue weighted by atomic mass is 10.2. The van der Waals surface area contributed by atoms with E-state index in [-0.39, 0.29) is 5.82 Å². The Labute approximate surface area is 125 Å². The molecule has 98 valence electrons. The molecular weight excluding hydrogens is 327 g/mol. The summed E-state index contributed by atoms with van der Waals surface area (Å²) in [6.07, 6.45) is 0. The lowest BCUT2D eigenvalue weighted by molar-refractivity contribution is 0.628. The van der Waals surface area contributed by atoms with Crippen LogP contribution in [0, 0.1) is 12.7 Å². The maximum Gasteiger partial charge on any atom is 0.175 e. The van der Waals surface area contributed by atoms with Crippen molar-refractivity contribution < 1.29 is 4.39 Å². The average Bonchev–Trinajstić information content (AvgIpc) is 2.33. The van der Waals surface area contributed by atoms with Crippen LogP contribution < -0.4 is 10.6 Å². The van der Waals surface area contributed by atoms with E-state index in [1.54, 1.807) is 12.1 Å². The predicted molar refractivity (Wildman–Crippen MR) is 85.1 cm³/mol. The highest BCUT2D eigenvalue weighted by Gasteiger charge is 2.03. The Morgan fingerprint density at radius 1 is 1.16 bits per heavy atom. The summed E-state index contributed by atoms with van der Waals surface area (Å²) < 4.78 is 14.0. The Balaban J connectivity index is 2.05. The second kappa shape index (κ2) is 6.12. The molecule has 0 heterocycles. The smallest absolute Gasteiger partial charge is 0.175 e. The molecular formula is C14H12BrFN2S. The molecule has 5 heteroatoms. The maximum atomic E-state index is 13.0. The van der Waals surface area contributed by atoms with Gasteiger partial charge in [-0.05, 0) is 71.0 Å². The molecule has 0 bridgehead atoms. The first kappa shape index (κ1) is 14.0. The summed E-state index contributed by atoms with van der Waals surface area (Å²) in [6.45, 7) is 2.01. The zero-order valence-electron chi connectivity index (χ0n) is 10.2. The number of benzene rings is 2. The summed E-state index contributed by atoms with van der Waals surface area (Å²) in [6, 6.07) is 12.1. The SMILES string of the molecule is Cc1ccc(NC(=S)Nc2cccc(F)c2)c(Br)c1. The number of hydrogen-bond acceptors (Lipinski definition) is 1.